The number of hydrogen-bond donors (Lipinski definition) is 0. The zero-order chi connectivity index (χ0) is 15.5. The van der Waals surface area contributed by atoms with Crippen LogP contribution in [0.1, 0.15) is 31.5 Å². The lowest BCUT2D eigenvalue weighted by atomic mass is 9.75. The minimum atomic E-state index is -4.24. The molecule has 116 valence electrons. The topological polar surface area (TPSA) is 34.9 Å². The number of nitrogens with zero attached hydrogens (tertiary/aromatic N) is 2. The SMILES string of the molecule is O=c1c2ccccc2nc2n1CC[C@@]21CCC[C@H]1C(F)(F)F. The number of halogens is 3. The number of alkyl halides is 3. The lowest BCUT2D eigenvalue weighted by Crippen LogP contribution is -2.39. The smallest absolute Gasteiger partial charge is 0.296 e. The van der Waals surface area contributed by atoms with Gasteiger partial charge in [-0.25, -0.2) is 4.98 Å². The van der Waals surface area contributed by atoms with Gasteiger partial charge in [0.1, 0.15) is 5.82 Å². The van der Waals surface area contributed by atoms with Crippen LogP contribution in [0.15, 0.2) is 29.1 Å². The average Bonchev–Trinajstić information content (AvgIpc) is 3.06. The Labute approximate surface area is 124 Å². The summed E-state index contributed by atoms with van der Waals surface area (Å²) in [6.07, 6.45) is -2.76. The maximum atomic E-state index is 13.5. The molecular formula is C16H15F3N2O. The van der Waals surface area contributed by atoms with E-state index in [1.54, 1.807) is 24.3 Å². The Hall–Kier alpha value is -1.85. The predicted octanol–water partition coefficient (Wildman–Crippen LogP) is 3.40. The standard InChI is InChI=1S/C16H15F3N2O/c17-16(18,19)12-6-3-7-15(12)8-9-21-13(22)10-4-1-2-5-11(10)20-14(15)21/h1-2,4-5,12H,3,6-9H2/t12-,15-/m1/s1. The lowest BCUT2D eigenvalue weighted by Gasteiger charge is -2.32. The second-order valence-electron chi connectivity index (χ2n) is 6.30. The molecule has 2 aliphatic rings. The second-order valence-corrected chi connectivity index (χ2v) is 6.30. The van der Waals surface area contributed by atoms with E-state index in [0.717, 1.165) is 0 Å². The van der Waals surface area contributed by atoms with E-state index >= 15 is 0 Å². The van der Waals surface area contributed by atoms with Crippen molar-refractivity contribution in [2.45, 2.75) is 43.8 Å². The molecule has 6 heteroatoms. The van der Waals surface area contributed by atoms with Crippen molar-refractivity contribution in [3.63, 3.8) is 0 Å². The molecule has 1 aromatic carbocycles. The fraction of sp³-hybridized carbons (Fsp3) is 0.500. The first-order valence-electron chi connectivity index (χ1n) is 7.50. The van der Waals surface area contributed by atoms with E-state index in [2.05, 4.69) is 4.98 Å². The molecule has 2 heterocycles. The molecule has 0 saturated heterocycles. The Bertz CT molecular complexity index is 811. The molecule has 1 spiro atoms. The van der Waals surface area contributed by atoms with E-state index in [1.807, 2.05) is 0 Å². The number of para-hydroxylation sites is 1. The fourth-order valence-corrected chi connectivity index (χ4v) is 4.29. The highest BCUT2D eigenvalue weighted by molar-refractivity contribution is 5.77. The molecule has 0 radical (unpaired) electrons. The van der Waals surface area contributed by atoms with Gasteiger partial charge in [-0.15, -0.1) is 0 Å². The Kier molecular flexibility index (Phi) is 2.72. The first kappa shape index (κ1) is 13.8. The van der Waals surface area contributed by atoms with E-state index in [4.69, 9.17) is 0 Å². The van der Waals surface area contributed by atoms with Crippen LogP contribution in [-0.2, 0) is 12.0 Å². The van der Waals surface area contributed by atoms with E-state index in [0.29, 0.717) is 42.5 Å². The molecule has 0 amide bonds. The fourth-order valence-electron chi connectivity index (χ4n) is 4.29. The average molecular weight is 308 g/mol. The van der Waals surface area contributed by atoms with Crippen LogP contribution in [0.25, 0.3) is 10.9 Å². The van der Waals surface area contributed by atoms with E-state index in [-0.39, 0.29) is 12.0 Å². The molecule has 4 rings (SSSR count). The molecular weight excluding hydrogens is 293 g/mol. The zero-order valence-corrected chi connectivity index (χ0v) is 11.9. The van der Waals surface area contributed by atoms with E-state index in [9.17, 15) is 18.0 Å². The minimum absolute atomic E-state index is 0.131. The first-order valence-corrected chi connectivity index (χ1v) is 7.50. The normalized spacial score (nSPS) is 27.7. The molecule has 22 heavy (non-hydrogen) atoms. The molecule has 1 aromatic heterocycles. The summed E-state index contributed by atoms with van der Waals surface area (Å²) >= 11 is 0. The molecule has 2 atom stereocenters. The molecule has 1 aliphatic heterocycles. The van der Waals surface area contributed by atoms with Gasteiger partial charge < -0.3 is 0 Å². The van der Waals surface area contributed by atoms with Crippen LogP contribution in [-0.4, -0.2) is 15.7 Å². The van der Waals surface area contributed by atoms with Gasteiger partial charge >= 0.3 is 6.18 Å². The molecule has 1 fully saturated rings. The number of fused-ring (bicyclic) bond motifs is 3. The minimum Gasteiger partial charge on any atom is -0.296 e. The molecule has 0 unspecified atom stereocenters. The van der Waals surface area contributed by atoms with Crippen molar-refractivity contribution >= 4 is 10.9 Å². The van der Waals surface area contributed by atoms with Crippen LogP contribution in [0, 0.1) is 5.92 Å². The van der Waals surface area contributed by atoms with Gasteiger partial charge in [0.15, 0.2) is 0 Å². The number of rotatable bonds is 0. The Balaban J connectivity index is 1.98. The van der Waals surface area contributed by atoms with Gasteiger partial charge in [0, 0.05) is 12.0 Å². The number of hydrogen-bond acceptors (Lipinski definition) is 2. The van der Waals surface area contributed by atoms with Gasteiger partial charge in [0.25, 0.3) is 5.56 Å². The summed E-state index contributed by atoms with van der Waals surface area (Å²) in [5.41, 5.74) is -0.736. The van der Waals surface area contributed by atoms with Crippen molar-refractivity contribution in [1.29, 1.82) is 0 Å². The lowest BCUT2D eigenvalue weighted by molar-refractivity contribution is -0.188. The summed E-state index contributed by atoms with van der Waals surface area (Å²) in [5, 5.41) is 0.477. The second kappa shape index (κ2) is 4.33. The maximum Gasteiger partial charge on any atom is 0.392 e. The van der Waals surface area contributed by atoms with Crippen molar-refractivity contribution in [3.8, 4) is 0 Å². The molecule has 1 saturated carbocycles. The Morgan fingerprint density at radius 2 is 2.00 bits per heavy atom. The largest absolute Gasteiger partial charge is 0.392 e. The molecule has 0 bridgehead atoms. The van der Waals surface area contributed by atoms with Gasteiger partial charge in [-0.05, 0) is 31.4 Å². The third kappa shape index (κ3) is 1.69. The zero-order valence-electron chi connectivity index (χ0n) is 11.9. The van der Waals surface area contributed by atoms with Gasteiger partial charge in [-0.3, -0.25) is 9.36 Å². The third-order valence-corrected chi connectivity index (χ3v) is 5.27. The van der Waals surface area contributed by atoms with Crippen LogP contribution in [0.5, 0.6) is 0 Å². The molecule has 3 nitrogen and oxygen atoms in total. The van der Waals surface area contributed by atoms with Crippen LogP contribution in [0.2, 0.25) is 0 Å². The maximum absolute atomic E-state index is 13.5. The number of benzene rings is 1. The highest BCUT2D eigenvalue weighted by Gasteiger charge is 2.60. The van der Waals surface area contributed by atoms with Crippen molar-refractivity contribution < 1.29 is 13.2 Å². The monoisotopic (exact) mass is 308 g/mol. The van der Waals surface area contributed by atoms with Gasteiger partial charge in [-0.1, -0.05) is 18.6 Å². The summed E-state index contributed by atoms with van der Waals surface area (Å²) in [6.45, 7) is 0.332. The van der Waals surface area contributed by atoms with Crippen molar-refractivity contribution in [2.75, 3.05) is 0 Å². The van der Waals surface area contributed by atoms with Crippen LogP contribution >= 0.6 is 0 Å². The summed E-state index contributed by atoms with van der Waals surface area (Å²) in [5.74, 6) is -1.04. The van der Waals surface area contributed by atoms with Crippen molar-refractivity contribution in [3.05, 3.63) is 40.4 Å². The third-order valence-electron chi connectivity index (χ3n) is 5.27. The molecule has 0 N–H and O–H groups in total. The first-order chi connectivity index (χ1) is 10.4. The molecule has 2 aromatic rings. The molecule has 1 aliphatic carbocycles. The summed E-state index contributed by atoms with van der Waals surface area (Å²) < 4.78 is 41.8. The van der Waals surface area contributed by atoms with Crippen LogP contribution in [0.4, 0.5) is 13.2 Å². The highest BCUT2D eigenvalue weighted by Crippen LogP contribution is 2.56. The van der Waals surface area contributed by atoms with Gasteiger partial charge in [-0.2, -0.15) is 13.2 Å². The number of aromatic nitrogens is 2. The van der Waals surface area contributed by atoms with E-state index < -0.39 is 17.5 Å². The van der Waals surface area contributed by atoms with Gasteiger partial charge in [0.05, 0.1) is 16.8 Å². The van der Waals surface area contributed by atoms with Crippen LogP contribution < -0.4 is 5.56 Å². The summed E-state index contributed by atoms with van der Waals surface area (Å²) in [7, 11) is 0. The summed E-state index contributed by atoms with van der Waals surface area (Å²) in [6, 6.07) is 6.88. The Morgan fingerprint density at radius 3 is 2.77 bits per heavy atom. The van der Waals surface area contributed by atoms with E-state index in [1.165, 1.54) is 4.57 Å². The van der Waals surface area contributed by atoms with Crippen LogP contribution in [0.3, 0.4) is 0 Å². The van der Waals surface area contributed by atoms with Gasteiger partial charge in [0.2, 0.25) is 0 Å². The quantitative estimate of drug-likeness (QED) is 0.747. The van der Waals surface area contributed by atoms with Crippen molar-refractivity contribution in [1.82, 2.24) is 9.55 Å². The summed E-state index contributed by atoms with van der Waals surface area (Å²) in [4.78, 5) is 17.0. The Morgan fingerprint density at radius 1 is 1.23 bits per heavy atom. The highest BCUT2D eigenvalue weighted by atomic mass is 19.4. The predicted molar refractivity (Wildman–Crippen MR) is 75.7 cm³/mol. The van der Waals surface area contributed by atoms with Crippen molar-refractivity contribution in [2.24, 2.45) is 5.92 Å².